The minimum Gasteiger partial charge on any atom is -0.456 e. The van der Waals surface area contributed by atoms with Crippen molar-refractivity contribution in [3.05, 3.63) is 54.1 Å². The Morgan fingerprint density at radius 3 is 2.50 bits per heavy atom. The summed E-state index contributed by atoms with van der Waals surface area (Å²) in [6.45, 7) is 0. The summed E-state index contributed by atoms with van der Waals surface area (Å²) < 4.78 is 5.74. The van der Waals surface area contributed by atoms with E-state index in [1.165, 1.54) is 0 Å². The zero-order chi connectivity index (χ0) is 12.5. The number of anilines is 1. The summed E-state index contributed by atoms with van der Waals surface area (Å²) in [4.78, 5) is 10.7. The molecule has 0 aliphatic rings. The first kappa shape index (κ1) is 10.6. The minimum absolute atomic E-state index is 0.612. The maximum atomic E-state index is 10.7. The number of nitrogen functional groups attached to an aromatic ring is 1. The van der Waals surface area contributed by atoms with E-state index in [2.05, 4.69) is 0 Å². The van der Waals surface area contributed by atoms with E-state index in [0.29, 0.717) is 11.1 Å². The number of aldehydes is 1. The third kappa shape index (κ3) is 1.76. The second-order valence-corrected chi connectivity index (χ2v) is 4.15. The molecule has 88 valence electrons. The van der Waals surface area contributed by atoms with Crippen molar-refractivity contribution >= 4 is 22.9 Å². The molecule has 1 aromatic heterocycles. The summed E-state index contributed by atoms with van der Waals surface area (Å²) in [6.07, 6.45) is 0.810. The van der Waals surface area contributed by atoms with Crippen LogP contribution in [0, 0.1) is 0 Å². The Bertz CT molecular complexity index is 711. The molecular formula is C15H11NO2. The monoisotopic (exact) mass is 237 g/mol. The van der Waals surface area contributed by atoms with Crippen molar-refractivity contribution in [3.63, 3.8) is 0 Å². The molecule has 0 radical (unpaired) electrons. The van der Waals surface area contributed by atoms with Gasteiger partial charge in [-0.3, -0.25) is 4.79 Å². The Hall–Kier alpha value is -2.55. The molecule has 0 atom stereocenters. The van der Waals surface area contributed by atoms with Gasteiger partial charge in [-0.1, -0.05) is 12.1 Å². The first-order valence-electron chi connectivity index (χ1n) is 5.61. The molecule has 2 aromatic carbocycles. The van der Waals surface area contributed by atoms with Gasteiger partial charge in [-0.05, 0) is 36.4 Å². The zero-order valence-corrected chi connectivity index (χ0v) is 9.59. The van der Waals surface area contributed by atoms with Gasteiger partial charge in [-0.25, -0.2) is 0 Å². The predicted octanol–water partition coefficient (Wildman–Crippen LogP) is 3.49. The summed E-state index contributed by atoms with van der Waals surface area (Å²) in [5.41, 5.74) is 8.66. The Balaban J connectivity index is 2.12. The Morgan fingerprint density at radius 2 is 1.78 bits per heavy atom. The van der Waals surface area contributed by atoms with Crippen LogP contribution in [0.4, 0.5) is 5.69 Å². The van der Waals surface area contributed by atoms with Crippen LogP contribution in [0.25, 0.3) is 22.3 Å². The van der Waals surface area contributed by atoms with Gasteiger partial charge in [-0.2, -0.15) is 0 Å². The second-order valence-electron chi connectivity index (χ2n) is 4.15. The average Bonchev–Trinajstić information content (AvgIpc) is 2.82. The van der Waals surface area contributed by atoms with Crippen LogP contribution in [0.2, 0.25) is 0 Å². The van der Waals surface area contributed by atoms with Crippen LogP contribution < -0.4 is 5.73 Å². The summed E-state index contributed by atoms with van der Waals surface area (Å²) in [5, 5.41) is 0.979. The lowest BCUT2D eigenvalue weighted by Crippen LogP contribution is -1.82. The third-order valence-corrected chi connectivity index (χ3v) is 2.88. The standard InChI is InChI=1S/C15H11NO2/c16-13-5-3-11(4-6-13)15-8-12-2-1-10(9-17)7-14(12)18-15/h1-9H,16H2. The van der Waals surface area contributed by atoms with Gasteiger partial charge in [0.05, 0.1) is 0 Å². The van der Waals surface area contributed by atoms with Crippen molar-refractivity contribution < 1.29 is 9.21 Å². The normalized spacial score (nSPS) is 10.7. The number of fused-ring (bicyclic) bond motifs is 1. The number of benzene rings is 2. The van der Waals surface area contributed by atoms with Crippen LogP contribution in [-0.4, -0.2) is 6.29 Å². The minimum atomic E-state index is 0.612. The zero-order valence-electron chi connectivity index (χ0n) is 9.59. The third-order valence-electron chi connectivity index (χ3n) is 2.88. The maximum absolute atomic E-state index is 10.7. The molecule has 0 saturated carbocycles. The van der Waals surface area contributed by atoms with Crippen molar-refractivity contribution in [2.24, 2.45) is 0 Å². The first-order valence-corrected chi connectivity index (χ1v) is 5.61. The lowest BCUT2D eigenvalue weighted by atomic mass is 10.1. The van der Waals surface area contributed by atoms with Gasteiger partial charge in [-0.15, -0.1) is 0 Å². The molecule has 0 aliphatic carbocycles. The van der Waals surface area contributed by atoms with Crippen molar-refractivity contribution in [2.75, 3.05) is 5.73 Å². The van der Waals surface area contributed by atoms with Crippen molar-refractivity contribution in [1.29, 1.82) is 0 Å². The van der Waals surface area contributed by atoms with Crippen LogP contribution in [0.3, 0.4) is 0 Å². The molecule has 0 aliphatic heterocycles. The number of hydrogen-bond acceptors (Lipinski definition) is 3. The van der Waals surface area contributed by atoms with Gasteiger partial charge in [0.1, 0.15) is 17.6 Å². The highest BCUT2D eigenvalue weighted by atomic mass is 16.3. The van der Waals surface area contributed by atoms with Gasteiger partial charge in [0.25, 0.3) is 0 Å². The van der Waals surface area contributed by atoms with Gasteiger partial charge in [0.2, 0.25) is 0 Å². The van der Waals surface area contributed by atoms with Crippen molar-refractivity contribution in [1.82, 2.24) is 0 Å². The molecule has 3 aromatic rings. The number of furan rings is 1. The molecule has 3 nitrogen and oxygen atoms in total. The van der Waals surface area contributed by atoms with E-state index in [0.717, 1.165) is 28.7 Å². The topological polar surface area (TPSA) is 56.2 Å². The lowest BCUT2D eigenvalue weighted by Gasteiger charge is -1.96. The van der Waals surface area contributed by atoms with Crippen LogP contribution in [0.1, 0.15) is 10.4 Å². The molecule has 0 unspecified atom stereocenters. The summed E-state index contributed by atoms with van der Waals surface area (Å²) >= 11 is 0. The molecular weight excluding hydrogens is 226 g/mol. The number of rotatable bonds is 2. The quantitative estimate of drug-likeness (QED) is 0.548. The van der Waals surface area contributed by atoms with E-state index in [1.54, 1.807) is 12.1 Å². The molecule has 0 spiro atoms. The molecule has 0 amide bonds. The molecule has 3 rings (SSSR count). The number of carbonyl (C=O) groups excluding carboxylic acids is 1. The Morgan fingerprint density at radius 1 is 1.00 bits per heavy atom. The molecule has 2 N–H and O–H groups in total. The molecule has 1 heterocycles. The van der Waals surface area contributed by atoms with E-state index in [1.807, 2.05) is 36.4 Å². The van der Waals surface area contributed by atoms with E-state index < -0.39 is 0 Å². The Kier molecular flexibility index (Phi) is 2.38. The number of carbonyl (C=O) groups is 1. The molecule has 0 fully saturated rings. The summed E-state index contributed by atoms with van der Waals surface area (Å²) in [5.74, 6) is 0.771. The largest absolute Gasteiger partial charge is 0.456 e. The second kappa shape index (κ2) is 4.04. The smallest absolute Gasteiger partial charge is 0.150 e. The predicted molar refractivity (Wildman–Crippen MR) is 71.4 cm³/mol. The summed E-state index contributed by atoms with van der Waals surface area (Å²) in [7, 11) is 0. The highest BCUT2D eigenvalue weighted by Gasteiger charge is 2.06. The SMILES string of the molecule is Nc1ccc(-c2cc3ccc(C=O)cc3o2)cc1. The van der Waals surface area contributed by atoms with Crippen LogP contribution in [0.5, 0.6) is 0 Å². The fraction of sp³-hybridized carbons (Fsp3) is 0. The van der Waals surface area contributed by atoms with Gasteiger partial charge in [0, 0.05) is 22.2 Å². The molecule has 18 heavy (non-hydrogen) atoms. The fourth-order valence-corrected chi connectivity index (χ4v) is 1.91. The van der Waals surface area contributed by atoms with Crippen molar-refractivity contribution in [3.8, 4) is 11.3 Å². The van der Waals surface area contributed by atoms with Crippen LogP contribution in [-0.2, 0) is 0 Å². The van der Waals surface area contributed by atoms with E-state index in [9.17, 15) is 4.79 Å². The highest BCUT2D eigenvalue weighted by molar-refractivity contribution is 5.88. The Labute approximate surface area is 104 Å². The molecule has 3 heteroatoms. The van der Waals surface area contributed by atoms with E-state index in [-0.39, 0.29) is 0 Å². The first-order chi connectivity index (χ1) is 8.76. The average molecular weight is 237 g/mol. The molecule has 0 saturated heterocycles. The molecule has 0 bridgehead atoms. The highest BCUT2D eigenvalue weighted by Crippen LogP contribution is 2.28. The van der Waals surface area contributed by atoms with E-state index >= 15 is 0 Å². The van der Waals surface area contributed by atoms with E-state index in [4.69, 9.17) is 10.2 Å². The number of nitrogens with two attached hydrogens (primary N) is 1. The number of hydrogen-bond donors (Lipinski definition) is 1. The lowest BCUT2D eigenvalue weighted by molar-refractivity contribution is 0.112. The van der Waals surface area contributed by atoms with Crippen LogP contribution >= 0.6 is 0 Å². The maximum Gasteiger partial charge on any atom is 0.150 e. The van der Waals surface area contributed by atoms with Crippen molar-refractivity contribution in [2.45, 2.75) is 0 Å². The fourth-order valence-electron chi connectivity index (χ4n) is 1.91. The summed E-state index contributed by atoms with van der Waals surface area (Å²) in [6, 6.07) is 14.8. The van der Waals surface area contributed by atoms with Gasteiger partial charge in [0.15, 0.2) is 0 Å². The van der Waals surface area contributed by atoms with Gasteiger partial charge >= 0.3 is 0 Å². The van der Waals surface area contributed by atoms with Gasteiger partial charge < -0.3 is 10.2 Å². The van der Waals surface area contributed by atoms with Crippen LogP contribution in [0.15, 0.2) is 52.9 Å².